The maximum absolute atomic E-state index is 11.4. The monoisotopic (exact) mass is 218 g/mol. The minimum atomic E-state index is -0.0616. The predicted molar refractivity (Wildman–Crippen MR) is 54.5 cm³/mol. The number of hydrogen-bond donors (Lipinski definition) is 1. The summed E-state index contributed by atoms with van der Waals surface area (Å²) in [6.07, 6.45) is 1.51. The number of nitrogens with one attached hydrogen (secondary N) is 1. The maximum atomic E-state index is 11.4. The van der Waals surface area contributed by atoms with Gasteiger partial charge in [0.2, 0.25) is 5.12 Å². The van der Waals surface area contributed by atoms with Crippen LogP contribution in [0.1, 0.15) is 23.1 Å². The summed E-state index contributed by atoms with van der Waals surface area (Å²) < 4.78 is 4.97. The smallest absolute Gasteiger partial charge is 0.250 e. The lowest BCUT2D eigenvalue weighted by molar-refractivity contribution is 0.108. The van der Waals surface area contributed by atoms with Crippen molar-refractivity contribution >= 4 is 27.0 Å². The minimum Gasteiger partial charge on any atom is -0.341 e. The highest BCUT2D eigenvalue weighted by Gasteiger charge is 2.12. The zero-order valence-electron chi connectivity index (χ0n) is 7.36. The Morgan fingerprint density at radius 1 is 1.77 bits per heavy atom. The van der Waals surface area contributed by atoms with Crippen LogP contribution in [-0.2, 0) is 4.18 Å². The van der Waals surface area contributed by atoms with Gasteiger partial charge in [0.1, 0.15) is 5.69 Å². The van der Waals surface area contributed by atoms with Crippen molar-refractivity contribution in [3.63, 3.8) is 0 Å². The summed E-state index contributed by atoms with van der Waals surface area (Å²) in [5.41, 5.74) is 1.26. The maximum Gasteiger partial charge on any atom is 0.250 e. The van der Waals surface area contributed by atoms with E-state index in [1.165, 1.54) is 6.33 Å². The molecule has 0 aromatic carbocycles. The topological polar surface area (TPSA) is 55.0 Å². The fourth-order valence-corrected chi connectivity index (χ4v) is 2.08. The third-order valence-corrected chi connectivity index (χ3v) is 3.01. The Morgan fingerprint density at radius 2 is 2.54 bits per heavy atom. The molecular formula is C7H10N2O2S2. The van der Waals surface area contributed by atoms with Gasteiger partial charge >= 0.3 is 0 Å². The van der Waals surface area contributed by atoms with Crippen molar-refractivity contribution in [3.8, 4) is 0 Å². The molecule has 0 saturated heterocycles. The molecule has 0 spiro atoms. The Labute approximate surface area is 84.5 Å². The van der Waals surface area contributed by atoms with Crippen LogP contribution in [0.2, 0.25) is 0 Å². The van der Waals surface area contributed by atoms with Crippen LogP contribution in [-0.4, -0.2) is 21.7 Å². The Hall–Kier alpha value is -0.460. The number of rotatable bonds is 4. The van der Waals surface area contributed by atoms with E-state index in [1.807, 2.05) is 6.92 Å². The van der Waals surface area contributed by atoms with Crippen molar-refractivity contribution in [2.45, 2.75) is 13.8 Å². The molecule has 0 bridgehead atoms. The summed E-state index contributed by atoms with van der Waals surface area (Å²) in [6.45, 7) is 4.25. The molecular weight excluding hydrogens is 208 g/mol. The summed E-state index contributed by atoms with van der Waals surface area (Å²) in [7, 11) is 1.06. The molecule has 6 heteroatoms. The van der Waals surface area contributed by atoms with Crippen LogP contribution in [0.25, 0.3) is 0 Å². The quantitative estimate of drug-likeness (QED) is 0.477. The number of carbonyl (C=O) groups is 1. The van der Waals surface area contributed by atoms with Crippen LogP contribution in [0.4, 0.5) is 0 Å². The summed E-state index contributed by atoms with van der Waals surface area (Å²) in [6, 6.07) is 0. The molecule has 1 aromatic heterocycles. The molecule has 0 aliphatic carbocycles. The molecule has 1 heterocycles. The first-order valence-corrected chi connectivity index (χ1v) is 5.83. The number of aromatic nitrogens is 2. The Kier molecular flexibility index (Phi) is 4.34. The molecule has 1 rings (SSSR count). The molecule has 0 radical (unpaired) electrons. The van der Waals surface area contributed by atoms with E-state index in [4.69, 9.17) is 4.18 Å². The molecule has 1 aromatic rings. The zero-order valence-corrected chi connectivity index (χ0v) is 9.00. The van der Waals surface area contributed by atoms with Crippen LogP contribution in [0.15, 0.2) is 6.33 Å². The molecule has 1 N–H and O–H groups in total. The van der Waals surface area contributed by atoms with Crippen LogP contribution in [0, 0.1) is 6.92 Å². The first kappa shape index (κ1) is 10.6. The van der Waals surface area contributed by atoms with E-state index < -0.39 is 0 Å². The third-order valence-electron chi connectivity index (χ3n) is 1.31. The van der Waals surface area contributed by atoms with E-state index in [9.17, 15) is 4.79 Å². The predicted octanol–water partition coefficient (Wildman–Crippen LogP) is 2.19. The fourth-order valence-electron chi connectivity index (χ4n) is 0.714. The fraction of sp³-hybridized carbons (Fsp3) is 0.429. The summed E-state index contributed by atoms with van der Waals surface area (Å²) >= 11 is 1.09. The van der Waals surface area contributed by atoms with Gasteiger partial charge in [-0.2, -0.15) is 0 Å². The number of aryl methyl sites for hydroxylation is 1. The van der Waals surface area contributed by atoms with Gasteiger partial charge in [-0.25, -0.2) is 4.98 Å². The van der Waals surface area contributed by atoms with Gasteiger partial charge < -0.3 is 9.17 Å². The van der Waals surface area contributed by atoms with Crippen molar-refractivity contribution < 1.29 is 8.98 Å². The van der Waals surface area contributed by atoms with E-state index in [-0.39, 0.29) is 5.12 Å². The first-order chi connectivity index (χ1) is 6.25. The van der Waals surface area contributed by atoms with Crippen LogP contribution in [0.3, 0.4) is 0 Å². The van der Waals surface area contributed by atoms with Gasteiger partial charge in [-0.15, -0.1) is 0 Å². The van der Waals surface area contributed by atoms with Crippen LogP contribution in [0.5, 0.6) is 0 Å². The lowest BCUT2D eigenvalue weighted by Gasteiger charge is -1.96. The van der Waals surface area contributed by atoms with Crippen molar-refractivity contribution in [1.29, 1.82) is 0 Å². The zero-order chi connectivity index (χ0) is 9.68. The molecule has 0 saturated carbocycles. The lowest BCUT2D eigenvalue weighted by Crippen LogP contribution is -1.94. The number of aromatic amines is 1. The summed E-state index contributed by atoms with van der Waals surface area (Å²) in [5, 5.41) is -0.0616. The molecule has 0 aliphatic heterocycles. The van der Waals surface area contributed by atoms with Crippen molar-refractivity contribution in [2.75, 3.05) is 6.61 Å². The van der Waals surface area contributed by atoms with Gasteiger partial charge in [0.05, 0.1) is 29.7 Å². The largest absolute Gasteiger partial charge is 0.341 e. The summed E-state index contributed by atoms with van der Waals surface area (Å²) in [5.74, 6) is 0. The van der Waals surface area contributed by atoms with Gasteiger partial charge in [-0.1, -0.05) is 0 Å². The molecule has 0 aliphatic rings. The Morgan fingerprint density at radius 3 is 3.08 bits per heavy atom. The average molecular weight is 218 g/mol. The Bertz CT molecular complexity index is 288. The molecule has 0 atom stereocenters. The van der Waals surface area contributed by atoms with Crippen LogP contribution >= 0.6 is 21.9 Å². The highest BCUT2D eigenvalue weighted by atomic mass is 33.1. The van der Waals surface area contributed by atoms with Gasteiger partial charge in [-0.3, -0.25) is 4.79 Å². The average Bonchev–Trinajstić information content (AvgIpc) is 2.52. The number of hydrogen-bond acceptors (Lipinski definition) is 5. The van der Waals surface area contributed by atoms with E-state index >= 15 is 0 Å². The number of H-pyrrole nitrogens is 1. The van der Waals surface area contributed by atoms with Gasteiger partial charge in [0, 0.05) is 10.8 Å². The lowest BCUT2D eigenvalue weighted by atomic mass is 10.4. The van der Waals surface area contributed by atoms with Gasteiger partial charge in [0.25, 0.3) is 0 Å². The van der Waals surface area contributed by atoms with E-state index in [1.54, 1.807) is 6.92 Å². The van der Waals surface area contributed by atoms with E-state index in [2.05, 4.69) is 9.97 Å². The van der Waals surface area contributed by atoms with Crippen LogP contribution < -0.4 is 0 Å². The van der Waals surface area contributed by atoms with E-state index in [0.717, 1.165) is 27.6 Å². The van der Waals surface area contributed by atoms with Gasteiger partial charge in [0.15, 0.2) is 0 Å². The second-order valence-corrected chi connectivity index (χ2v) is 4.03. The normalized spacial score (nSPS) is 10.3. The minimum absolute atomic E-state index is 0.0616. The molecule has 0 fully saturated rings. The number of imidazole rings is 1. The number of nitrogens with zero attached hydrogens (tertiary/aromatic N) is 1. The molecule has 0 amide bonds. The first-order valence-electron chi connectivity index (χ1n) is 3.76. The van der Waals surface area contributed by atoms with Gasteiger partial charge in [-0.05, 0) is 13.8 Å². The van der Waals surface area contributed by atoms with Crippen molar-refractivity contribution in [2.24, 2.45) is 0 Å². The standard InChI is InChI=1S/C7H10N2O2S2/c1-3-11-13-12-7(10)6-5(2)8-4-9-6/h4H,3H2,1-2H3,(H,8,9). The SMILES string of the molecule is CCOSSC(=O)c1[nH]cnc1C. The van der Waals surface area contributed by atoms with Crippen molar-refractivity contribution in [3.05, 3.63) is 17.7 Å². The molecule has 4 nitrogen and oxygen atoms in total. The molecule has 13 heavy (non-hydrogen) atoms. The van der Waals surface area contributed by atoms with Crippen molar-refractivity contribution in [1.82, 2.24) is 9.97 Å². The highest BCUT2D eigenvalue weighted by Crippen LogP contribution is 2.26. The van der Waals surface area contributed by atoms with E-state index in [0.29, 0.717) is 12.3 Å². The second kappa shape index (κ2) is 5.31. The highest BCUT2D eigenvalue weighted by molar-refractivity contribution is 8.80. The summed E-state index contributed by atoms with van der Waals surface area (Å²) in [4.78, 5) is 18.1. The second-order valence-electron chi connectivity index (χ2n) is 2.21. The Balaban J connectivity index is 2.45. The number of carbonyl (C=O) groups excluding carboxylic acids is 1. The third kappa shape index (κ3) is 3.06. The molecule has 0 unspecified atom stereocenters. The molecule has 72 valence electrons.